The summed E-state index contributed by atoms with van der Waals surface area (Å²) in [4.78, 5) is 26.6. The van der Waals surface area contributed by atoms with Crippen LogP contribution in [0.4, 0.5) is 0 Å². The first-order valence-electron chi connectivity index (χ1n) is 10.4. The number of aliphatic carboxylic acids is 1. The molecule has 172 valence electrons. The maximum Gasteiger partial charge on any atom is 0.327 e. The quantitative estimate of drug-likeness (QED) is 0.305. The van der Waals surface area contributed by atoms with Gasteiger partial charge in [0.1, 0.15) is 22.7 Å². The lowest BCUT2D eigenvalue weighted by atomic mass is 10.0. The number of carbonyl (C=O) groups excluding carboxylic acids is 1. The molecule has 0 unspecified atom stereocenters. The number of carbonyl (C=O) groups is 2. The highest BCUT2D eigenvalue weighted by molar-refractivity contribution is 8.26. The van der Waals surface area contributed by atoms with Crippen molar-refractivity contribution < 1.29 is 19.4 Å². The monoisotopic (exact) mass is 509 g/mol. The molecule has 5 nitrogen and oxygen atoms in total. The Kier molecular flexibility index (Phi) is 7.67. The van der Waals surface area contributed by atoms with Crippen LogP contribution in [0.1, 0.15) is 16.7 Å². The van der Waals surface area contributed by atoms with Gasteiger partial charge in [-0.1, -0.05) is 96.2 Å². The number of amides is 1. The van der Waals surface area contributed by atoms with Crippen LogP contribution in [0.25, 0.3) is 6.08 Å². The Morgan fingerprint density at radius 2 is 1.74 bits per heavy atom. The lowest BCUT2D eigenvalue weighted by molar-refractivity contribution is -0.145. The first-order chi connectivity index (χ1) is 16.4. The Morgan fingerprint density at radius 3 is 2.41 bits per heavy atom. The number of ether oxygens (including phenoxy) is 1. The molecule has 0 aromatic heterocycles. The van der Waals surface area contributed by atoms with Gasteiger partial charge in [-0.25, -0.2) is 4.79 Å². The van der Waals surface area contributed by atoms with Crippen LogP contribution in [0.15, 0.2) is 83.8 Å². The van der Waals surface area contributed by atoms with E-state index in [4.69, 9.17) is 28.6 Å². The molecule has 0 aliphatic carbocycles. The van der Waals surface area contributed by atoms with E-state index in [2.05, 4.69) is 0 Å². The van der Waals surface area contributed by atoms with Crippen LogP contribution in [0, 0.1) is 0 Å². The lowest BCUT2D eigenvalue weighted by Gasteiger charge is -2.23. The van der Waals surface area contributed by atoms with Gasteiger partial charge < -0.3 is 9.84 Å². The zero-order chi connectivity index (χ0) is 24.1. The van der Waals surface area contributed by atoms with Crippen LogP contribution in [0.5, 0.6) is 5.75 Å². The first kappa shape index (κ1) is 24.0. The van der Waals surface area contributed by atoms with Gasteiger partial charge in [-0.3, -0.25) is 9.69 Å². The SMILES string of the molecule is O=C(O)[C@H](Cc1ccccc1)N1C(=O)/C(=C/c2ccc(OCc3ccccc3Cl)cc2)SC1=S. The number of nitrogens with zero attached hydrogens (tertiary/aromatic N) is 1. The number of halogens is 1. The molecule has 3 aromatic rings. The molecule has 0 saturated carbocycles. The molecule has 1 heterocycles. The van der Waals surface area contributed by atoms with Gasteiger partial charge in [0.2, 0.25) is 0 Å². The summed E-state index contributed by atoms with van der Waals surface area (Å²) in [6.45, 7) is 0.343. The van der Waals surface area contributed by atoms with E-state index in [0.29, 0.717) is 22.3 Å². The van der Waals surface area contributed by atoms with Gasteiger partial charge in [-0.2, -0.15) is 0 Å². The van der Waals surface area contributed by atoms with Crippen LogP contribution in [-0.2, 0) is 22.6 Å². The fourth-order valence-electron chi connectivity index (χ4n) is 3.46. The van der Waals surface area contributed by atoms with Crippen molar-refractivity contribution in [2.45, 2.75) is 19.1 Å². The number of benzene rings is 3. The highest BCUT2D eigenvalue weighted by Crippen LogP contribution is 2.35. The van der Waals surface area contributed by atoms with Gasteiger partial charge in [0, 0.05) is 17.0 Å². The summed E-state index contributed by atoms with van der Waals surface area (Å²) in [5.74, 6) is -0.836. The second kappa shape index (κ2) is 10.9. The molecule has 34 heavy (non-hydrogen) atoms. The molecular weight excluding hydrogens is 490 g/mol. The minimum Gasteiger partial charge on any atom is -0.489 e. The summed E-state index contributed by atoms with van der Waals surface area (Å²) in [7, 11) is 0. The molecule has 0 spiro atoms. The Balaban J connectivity index is 1.46. The highest BCUT2D eigenvalue weighted by atomic mass is 35.5. The minimum atomic E-state index is -1.10. The second-order valence-corrected chi connectivity index (χ2v) is 9.63. The predicted octanol–water partition coefficient (Wildman–Crippen LogP) is 5.82. The molecular formula is C26H20ClNO4S2. The second-order valence-electron chi connectivity index (χ2n) is 7.54. The van der Waals surface area contributed by atoms with Gasteiger partial charge in [0.15, 0.2) is 0 Å². The van der Waals surface area contributed by atoms with Crippen molar-refractivity contribution in [2.24, 2.45) is 0 Å². The van der Waals surface area contributed by atoms with E-state index in [0.717, 1.165) is 28.5 Å². The number of hydrogen-bond donors (Lipinski definition) is 1. The van der Waals surface area contributed by atoms with E-state index in [1.807, 2.05) is 66.7 Å². The molecule has 1 aliphatic heterocycles. The van der Waals surface area contributed by atoms with Gasteiger partial charge in [-0.15, -0.1) is 0 Å². The van der Waals surface area contributed by atoms with Crippen LogP contribution < -0.4 is 4.74 Å². The van der Waals surface area contributed by atoms with E-state index >= 15 is 0 Å². The molecule has 1 saturated heterocycles. The van der Waals surface area contributed by atoms with Gasteiger partial charge in [0.25, 0.3) is 5.91 Å². The summed E-state index contributed by atoms with van der Waals surface area (Å²) < 4.78 is 6.03. The van der Waals surface area contributed by atoms with Crippen molar-refractivity contribution in [3.8, 4) is 5.75 Å². The molecule has 1 amide bonds. The van der Waals surface area contributed by atoms with E-state index in [-0.39, 0.29) is 10.7 Å². The Morgan fingerprint density at radius 1 is 1.06 bits per heavy atom. The van der Waals surface area contributed by atoms with Gasteiger partial charge >= 0.3 is 5.97 Å². The van der Waals surface area contributed by atoms with E-state index in [1.165, 1.54) is 4.90 Å². The van der Waals surface area contributed by atoms with Crippen LogP contribution in [0.2, 0.25) is 5.02 Å². The van der Waals surface area contributed by atoms with E-state index < -0.39 is 17.9 Å². The highest BCUT2D eigenvalue weighted by Gasteiger charge is 2.40. The zero-order valence-corrected chi connectivity index (χ0v) is 20.3. The summed E-state index contributed by atoms with van der Waals surface area (Å²) in [5, 5.41) is 10.4. The van der Waals surface area contributed by atoms with Crippen molar-refractivity contribution in [3.63, 3.8) is 0 Å². The third-order valence-electron chi connectivity index (χ3n) is 5.22. The van der Waals surface area contributed by atoms with Crippen LogP contribution >= 0.6 is 35.6 Å². The standard InChI is InChI=1S/C26H20ClNO4S2/c27-21-9-5-4-8-19(21)16-32-20-12-10-18(11-13-20)15-23-24(29)28(26(33)34-23)22(25(30)31)14-17-6-2-1-3-7-17/h1-13,15,22H,14,16H2,(H,30,31)/b23-15-/t22-/m0/s1. The Labute approximate surface area is 212 Å². The van der Waals surface area contributed by atoms with Crippen LogP contribution in [-0.4, -0.2) is 32.2 Å². The summed E-state index contributed by atoms with van der Waals surface area (Å²) in [5.41, 5.74) is 2.49. The molecule has 1 N–H and O–H groups in total. The number of hydrogen-bond acceptors (Lipinski definition) is 5. The van der Waals surface area contributed by atoms with Crippen molar-refractivity contribution in [1.82, 2.24) is 4.90 Å². The average molecular weight is 510 g/mol. The maximum absolute atomic E-state index is 13.1. The predicted molar refractivity (Wildman–Crippen MR) is 139 cm³/mol. The fraction of sp³-hybridized carbons (Fsp3) is 0.115. The molecule has 0 bridgehead atoms. The Bertz CT molecular complexity index is 1250. The number of carboxylic acid groups (broad SMARTS) is 1. The third kappa shape index (κ3) is 5.67. The van der Waals surface area contributed by atoms with Crippen molar-refractivity contribution in [1.29, 1.82) is 0 Å². The summed E-state index contributed by atoms with van der Waals surface area (Å²) in [6, 6.07) is 22.9. The molecule has 8 heteroatoms. The van der Waals surface area contributed by atoms with E-state index in [1.54, 1.807) is 18.2 Å². The van der Waals surface area contributed by atoms with Crippen LogP contribution in [0.3, 0.4) is 0 Å². The van der Waals surface area contributed by atoms with Crippen molar-refractivity contribution in [3.05, 3.63) is 105 Å². The normalized spacial score (nSPS) is 15.6. The molecule has 1 aliphatic rings. The molecule has 1 atom stereocenters. The number of carboxylic acids is 1. The minimum absolute atomic E-state index is 0.174. The molecule has 3 aromatic carbocycles. The largest absolute Gasteiger partial charge is 0.489 e. The maximum atomic E-state index is 13.1. The zero-order valence-electron chi connectivity index (χ0n) is 17.9. The summed E-state index contributed by atoms with van der Waals surface area (Å²) >= 11 is 12.6. The number of thiocarbonyl (C=S) groups is 1. The van der Waals surface area contributed by atoms with Crippen molar-refractivity contribution >= 4 is 57.9 Å². The third-order valence-corrected chi connectivity index (χ3v) is 6.92. The lowest BCUT2D eigenvalue weighted by Crippen LogP contribution is -2.45. The number of thioether (sulfide) groups is 1. The molecule has 4 rings (SSSR count). The van der Waals surface area contributed by atoms with E-state index in [9.17, 15) is 14.7 Å². The fourth-order valence-corrected chi connectivity index (χ4v) is 5.01. The molecule has 1 fully saturated rings. The smallest absolute Gasteiger partial charge is 0.327 e. The topological polar surface area (TPSA) is 66.8 Å². The average Bonchev–Trinajstić information content (AvgIpc) is 3.11. The Hall–Kier alpha value is -3.13. The molecule has 0 radical (unpaired) electrons. The van der Waals surface area contributed by atoms with Gasteiger partial charge in [-0.05, 0) is 35.4 Å². The first-order valence-corrected chi connectivity index (χ1v) is 12.0. The van der Waals surface area contributed by atoms with Gasteiger partial charge in [0.05, 0.1) is 4.91 Å². The van der Waals surface area contributed by atoms with Crippen molar-refractivity contribution in [2.75, 3.05) is 0 Å². The summed E-state index contributed by atoms with van der Waals surface area (Å²) in [6.07, 6.45) is 1.88. The number of rotatable bonds is 8.